The summed E-state index contributed by atoms with van der Waals surface area (Å²) < 4.78 is 4.34. The first kappa shape index (κ1) is 18.3. The molecular weight excluding hydrogens is 335 g/mol. The Morgan fingerprint density at radius 2 is 1.91 bits per heavy atom. The van der Waals surface area contributed by atoms with Gasteiger partial charge in [-0.25, -0.2) is 4.98 Å². The van der Waals surface area contributed by atoms with E-state index in [1.54, 1.807) is 0 Å². The Morgan fingerprint density at radius 1 is 1.09 bits per heavy atom. The molecule has 6 nitrogen and oxygen atoms in total. The highest BCUT2D eigenvalue weighted by Gasteiger charge is 2.17. The lowest BCUT2D eigenvalue weighted by Crippen LogP contribution is -2.28. The van der Waals surface area contributed by atoms with Crippen LogP contribution < -0.4 is 5.32 Å². The molecule has 1 saturated heterocycles. The van der Waals surface area contributed by atoms with Gasteiger partial charge in [-0.05, 0) is 32.0 Å². The summed E-state index contributed by atoms with van der Waals surface area (Å²) in [5, 5.41) is 8.10. The monoisotopic (exact) mass is 358 g/mol. The molecule has 0 spiro atoms. The van der Waals surface area contributed by atoms with Crippen LogP contribution >= 0.6 is 24.8 Å². The fraction of sp³-hybridized carbons (Fsp3) is 0.600. The number of nitrogens with one attached hydrogen (secondary N) is 1. The van der Waals surface area contributed by atoms with Crippen molar-refractivity contribution in [3.8, 4) is 11.5 Å². The molecule has 0 aliphatic carbocycles. The van der Waals surface area contributed by atoms with Crippen LogP contribution in [-0.2, 0) is 19.6 Å². The Balaban J connectivity index is 0.000000960. The topological polar surface area (TPSA) is 50.9 Å². The average molecular weight is 359 g/mol. The Morgan fingerprint density at radius 3 is 2.70 bits per heavy atom. The molecule has 128 valence electrons. The second-order valence-electron chi connectivity index (χ2n) is 5.91. The van der Waals surface area contributed by atoms with Gasteiger partial charge in [0.05, 0.1) is 12.2 Å². The van der Waals surface area contributed by atoms with E-state index in [0.717, 1.165) is 44.2 Å². The van der Waals surface area contributed by atoms with E-state index >= 15 is 0 Å². The van der Waals surface area contributed by atoms with Gasteiger partial charge in [0.1, 0.15) is 5.69 Å². The molecule has 8 heteroatoms. The fourth-order valence-corrected chi connectivity index (χ4v) is 3.28. The minimum absolute atomic E-state index is 0. The van der Waals surface area contributed by atoms with Crippen LogP contribution in [0.4, 0.5) is 0 Å². The number of rotatable bonds is 4. The summed E-state index contributed by atoms with van der Waals surface area (Å²) in [5.41, 5.74) is 2.26. The van der Waals surface area contributed by atoms with E-state index in [0.29, 0.717) is 0 Å². The van der Waals surface area contributed by atoms with Gasteiger partial charge in [0, 0.05) is 38.6 Å². The number of likely N-dealkylation sites (tertiary alicyclic amines) is 1. The first-order valence-corrected chi connectivity index (χ1v) is 7.91. The van der Waals surface area contributed by atoms with Gasteiger partial charge < -0.3 is 14.8 Å². The largest absolute Gasteiger partial charge is 0.328 e. The second-order valence-corrected chi connectivity index (χ2v) is 5.91. The number of halogens is 2. The zero-order chi connectivity index (χ0) is 14.1. The first-order valence-electron chi connectivity index (χ1n) is 7.91. The minimum atomic E-state index is 0. The molecule has 0 saturated carbocycles. The van der Waals surface area contributed by atoms with Crippen LogP contribution in [0.15, 0.2) is 18.5 Å². The number of hydrogen-bond donors (Lipinski definition) is 1. The summed E-state index contributed by atoms with van der Waals surface area (Å²) >= 11 is 0. The normalized spacial score (nSPS) is 17.4. The summed E-state index contributed by atoms with van der Waals surface area (Å²) in [6.45, 7) is 7.44. The van der Waals surface area contributed by atoms with Crippen molar-refractivity contribution in [2.45, 2.75) is 32.5 Å². The standard InChI is InChI=1S/C15H22N6.2ClH/c1-2-6-19(5-1)9-10-20-7-4-17-15(20)14-11-13-12-16-3-8-21(13)18-14;;/h4,7,11,16H,1-3,5-6,8-10,12H2;2*1H. The molecule has 23 heavy (non-hydrogen) atoms. The van der Waals surface area contributed by atoms with Crippen LogP contribution in [0.3, 0.4) is 0 Å². The van der Waals surface area contributed by atoms with Gasteiger partial charge in [0.2, 0.25) is 0 Å². The number of hydrogen-bond acceptors (Lipinski definition) is 4. The molecule has 1 fully saturated rings. The third-order valence-electron chi connectivity index (χ3n) is 4.47. The van der Waals surface area contributed by atoms with Crippen molar-refractivity contribution in [1.29, 1.82) is 0 Å². The second kappa shape index (κ2) is 8.15. The van der Waals surface area contributed by atoms with Crippen molar-refractivity contribution in [2.24, 2.45) is 0 Å². The van der Waals surface area contributed by atoms with Gasteiger partial charge in [-0.15, -0.1) is 24.8 Å². The number of imidazole rings is 1. The first-order chi connectivity index (χ1) is 10.4. The van der Waals surface area contributed by atoms with Crippen LogP contribution in [-0.4, -0.2) is 50.4 Å². The van der Waals surface area contributed by atoms with Gasteiger partial charge in [-0.3, -0.25) is 4.68 Å². The van der Waals surface area contributed by atoms with Gasteiger partial charge in [-0.1, -0.05) is 0 Å². The molecule has 2 aliphatic rings. The Bertz CT molecular complexity index is 594. The molecule has 2 aliphatic heterocycles. The van der Waals surface area contributed by atoms with Crippen LogP contribution in [0.25, 0.3) is 11.5 Å². The van der Waals surface area contributed by atoms with Crippen molar-refractivity contribution in [1.82, 2.24) is 29.5 Å². The number of fused-ring (bicyclic) bond motifs is 1. The quantitative estimate of drug-likeness (QED) is 0.904. The summed E-state index contributed by atoms with van der Waals surface area (Å²) in [4.78, 5) is 7.06. The maximum atomic E-state index is 4.71. The molecular formula is C15H24Cl2N6. The molecule has 2 aromatic heterocycles. The third-order valence-corrected chi connectivity index (χ3v) is 4.47. The molecule has 1 N–H and O–H groups in total. The van der Waals surface area contributed by atoms with Crippen LogP contribution in [0.1, 0.15) is 18.5 Å². The van der Waals surface area contributed by atoms with Gasteiger partial charge >= 0.3 is 0 Å². The van der Waals surface area contributed by atoms with Crippen LogP contribution in [0.2, 0.25) is 0 Å². The predicted octanol–water partition coefficient (Wildman–Crippen LogP) is 1.79. The molecule has 0 amide bonds. The average Bonchev–Trinajstić information content (AvgIpc) is 3.24. The van der Waals surface area contributed by atoms with Crippen molar-refractivity contribution in [2.75, 3.05) is 26.2 Å². The summed E-state index contributed by atoms with van der Waals surface area (Å²) in [6, 6.07) is 2.17. The molecule has 0 bridgehead atoms. The molecule has 2 aromatic rings. The molecule has 0 unspecified atom stereocenters. The van der Waals surface area contributed by atoms with Crippen molar-refractivity contribution < 1.29 is 0 Å². The van der Waals surface area contributed by atoms with Gasteiger partial charge in [0.15, 0.2) is 5.82 Å². The zero-order valence-corrected chi connectivity index (χ0v) is 14.8. The summed E-state index contributed by atoms with van der Waals surface area (Å²) in [7, 11) is 0. The Hall–Kier alpha value is -1.08. The van der Waals surface area contributed by atoms with Crippen molar-refractivity contribution in [3.63, 3.8) is 0 Å². The minimum Gasteiger partial charge on any atom is -0.328 e. The maximum Gasteiger partial charge on any atom is 0.160 e. The van der Waals surface area contributed by atoms with Gasteiger partial charge in [-0.2, -0.15) is 5.10 Å². The maximum absolute atomic E-state index is 4.71. The highest BCUT2D eigenvalue weighted by Crippen LogP contribution is 2.19. The lowest BCUT2D eigenvalue weighted by atomic mass is 10.3. The SMILES string of the molecule is Cl.Cl.c1cn(CCN2CCCC2)c(-c2cc3n(n2)CCNC3)n1. The predicted molar refractivity (Wildman–Crippen MR) is 95.3 cm³/mol. The molecule has 0 atom stereocenters. The number of aromatic nitrogens is 4. The van der Waals surface area contributed by atoms with E-state index in [1.165, 1.54) is 31.6 Å². The lowest BCUT2D eigenvalue weighted by Gasteiger charge is -2.15. The van der Waals surface area contributed by atoms with E-state index in [4.69, 9.17) is 5.10 Å². The Labute approximate surface area is 149 Å². The van der Waals surface area contributed by atoms with E-state index < -0.39 is 0 Å². The fourth-order valence-electron chi connectivity index (χ4n) is 3.28. The van der Waals surface area contributed by atoms with Crippen molar-refractivity contribution >= 4 is 24.8 Å². The van der Waals surface area contributed by atoms with Crippen LogP contribution in [0, 0.1) is 0 Å². The summed E-state index contributed by atoms with van der Waals surface area (Å²) in [6.07, 6.45) is 6.65. The van der Waals surface area contributed by atoms with Gasteiger partial charge in [0.25, 0.3) is 0 Å². The van der Waals surface area contributed by atoms with E-state index in [2.05, 4.69) is 36.7 Å². The van der Waals surface area contributed by atoms with E-state index in [1.807, 2.05) is 6.20 Å². The molecule has 4 rings (SSSR count). The lowest BCUT2D eigenvalue weighted by molar-refractivity contribution is 0.323. The van der Waals surface area contributed by atoms with E-state index in [-0.39, 0.29) is 24.8 Å². The third kappa shape index (κ3) is 3.88. The molecule has 0 radical (unpaired) electrons. The Kier molecular flexibility index (Phi) is 6.47. The van der Waals surface area contributed by atoms with E-state index in [9.17, 15) is 0 Å². The highest BCUT2D eigenvalue weighted by molar-refractivity contribution is 5.85. The molecule has 4 heterocycles. The number of nitrogens with zero attached hydrogens (tertiary/aromatic N) is 5. The highest BCUT2D eigenvalue weighted by atomic mass is 35.5. The smallest absolute Gasteiger partial charge is 0.160 e. The van der Waals surface area contributed by atoms with Crippen molar-refractivity contribution in [3.05, 3.63) is 24.2 Å². The zero-order valence-electron chi connectivity index (χ0n) is 13.1. The molecule has 0 aromatic carbocycles. The summed E-state index contributed by atoms with van der Waals surface area (Å²) in [5.74, 6) is 0.996. The van der Waals surface area contributed by atoms with Crippen LogP contribution in [0.5, 0.6) is 0 Å².